The highest BCUT2D eigenvalue weighted by Crippen LogP contribution is 2.20. The lowest BCUT2D eigenvalue weighted by Crippen LogP contribution is -2.38. The van der Waals surface area contributed by atoms with Crippen molar-refractivity contribution in [2.24, 2.45) is 5.73 Å². The van der Waals surface area contributed by atoms with Crippen LogP contribution in [0.15, 0.2) is 36.5 Å². The van der Waals surface area contributed by atoms with Crippen LogP contribution in [-0.4, -0.2) is 28.8 Å². The van der Waals surface area contributed by atoms with Gasteiger partial charge in [-0.3, -0.25) is 4.98 Å². The second-order valence-electron chi connectivity index (χ2n) is 4.16. The first-order valence-electron chi connectivity index (χ1n) is 5.70. The third kappa shape index (κ3) is 2.72. The Morgan fingerprint density at radius 1 is 1.35 bits per heavy atom. The third-order valence-corrected chi connectivity index (χ3v) is 2.80. The van der Waals surface area contributed by atoms with E-state index in [1.807, 2.05) is 30.3 Å². The molecule has 17 heavy (non-hydrogen) atoms. The maximum absolute atomic E-state index is 9.33. The van der Waals surface area contributed by atoms with E-state index < -0.39 is 6.10 Å². The zero-order valence-electron chi connectivity index (χ0n) is 9.80. The van der Waals surface area contributed by atoms with Crippen molar-refractivity contribution in [3.63, 3.8) is 0 Å². The molecule has 4 heteroatoms. The summed E-state index contributed by atoms with van der Waals surface area (Å²) in [5, 5.41) is 13.6. The van der Waals surface area contributed by atoms with Gasteiger partial charge in [0.1, 0.15) is 0 Å². The number of hydrogen-bond acceptors (Lipinski definition) is 4. The van der Waals surface area contributed by atoms with Crippen LogP contribution in [0.1, 0.15) is 6.92 Å². The van der Waals surface area contributed by atoms with Crippen LogP contribution in [-0.2, 0) is 0 Å². The number of aromatic nitrogens is 1. The van der Waals surface area contributed by atoms with Crippen LogP contribution in [0.4, 0.5) is 5.69 Å². The Kier molecular flexibility index (Phi) is 3.56. The fraction of sp³-hybridized carbons (Fsp3) is 0.308. The molecule has 0 radical (unpaired) electrons. The molecule has 0 amide bonds. The highest BCUT2D eigenvalue weighted by atomic mass is 16.3. The van der Waals surface area contributed by atoms with Gasteiger partial charge in [0, 0.05) is 29.9 Å². The number of nitrogens with two attached hydrogens (primary N) is 1. The summed E-state index contributed by atoms with van der Waals surface area (Å²) in [6, 6.07) is 9.55. The topological polar surface area (TPSA) is 71.2 Å². The number of benzene rings is 1. The summed E-state index contributed by atoms with van der Waals surface area (Å²) < 4.78 is 0. The molecule has 0 aliphatic heterocycles. The van der Waals surface area contributed by atoms with E-state index in [9.17, 15) is 5.11 Å². The minimum absolute atomic E-state index is 0.276. The number of pyridine rings is 1. The molecule has 0 aliphatic rings. The first kappa shape index (κ1) is 11.8. The molecular weight excluding hydrogens is 214 g/mol. The lowest BCUT2D eigenvalue weighted by atomic mass is 10.1. The first-order chi connectivity index (χ1) is 8.18. The maximum Gasteiger partial charge on any atom is 0.0722 e. The second-order valence-corrected chi connectivity index (χ2v) is 4.16. The van der Waals surface area contributed by atoms with Crippen LogP contribution >= 0.6 is 0 Å². The standard InChI is InChI=1S/C13H17N3O/c1-9(17)11(14)8-16-13-6-7-15-12-5-3-2-4-10(12)13/h2-7,9,11,17H,8,14H2,1H3,(H,15,16). The van der Waals surface area contributed by atoms with Gasteiger partial charge in [0.2, 0.25) is 0 Å². The molecule has 90 valence electrons. The van der Waals surface area contributed by atoms with Gasteiger partial charge in [-0.2, -0.15) is 0 Å². The number of fused-ring (bicyclic) bond motifs is 1. The molecule has 1 heterocycles. The van der Waals surface area contributed by atoms with Crippen molar-refractivity contribution in [1.82, 2.24) is 4.98 Å². The largest absolute Gasteiger partial charge is 0.392 e. The molecule has 0 bridgehead atoms. The number of nitrogens with zero attached hydrogens (tertiary/aromatic N) is 1. The number of aliphatic hydroxyl groups is 1. The Balaban J connectivity index is 2.19. The SMILES string of the molecule is CC(O)C(N)CNc1ccnc2ccccc12. The number of rotatable bonds is 4. The van der Waals surface area contributed by atoms with E-state index >= 15 is 0 Å². The first-order valence-corrected chi connectivity index (χ1v) is 5.70. The maximum atomic E-state index is 9.33. The van der Waals surface area contributed by atoms with E-state index in [1.165, 1.54) is 0 Å². The average Bonchev–Trinajstić information content (AvgIpc) is 2.35. The summed E-state index contributed by atoms with van der Waals surface area (Å²) in [4.78, 5) is 4.28. The van der Waals surface area contributed by atoms with Gasteiger partial charge in [-0.25, -0.2) is 0 Å². The Morgan fingerprint density at radius 2 is 2.12 bits per heavy atom. The summed E-state index contributed by atoms with van der Waals surface area (Å²) in [7, 11) is 0. The van der Waals surface area contributed by atoms with Crippen molar-refractivity contribution >= 4 is 16.6 Å². The number of hydrogen-bond donors (Lipinski definition) is 3. The molecule has 1 aromatic carbocycles. The number of anilines is 1. The Hall–Kier alpha value is -1.65. The van der Waals surface area contributed by atoms with E-state index in [1.54, 1.807) is 13.1 Å². The van der Waals surface area contributed by atoms with Crippen LogP contribution in [0.2, 0.25) is 0 Å². The van der Waals surface area contributed by atoms with Crippen molar-refractivity contribution in [1.29, 1.82) is 0 Å². The highest BCUT2D eigenvalue weighted by Gasteiger charge is 2.09. The van der Waals surface area contributed by atoms with Gasteiger partial charge < -0.3 is 16.2 Å². The normalized spacial score (nSPS) is 14.5. The van der Waals surface area contributed by atoms with E-state index in [0.717, 1.165) is 16.6 Å². The summed E-state index contributed by atoms with van der Waals surface area (Å²) in [5.41, 5.74) is 7.72. The smallest absolute Gasteiger partial charge is 0.0722 e. The summed E-state index contributed by atoms with van der Waals surface area (Å²) in [6.07, 6.45) is 1.24. The molecule has 2 rings (SSSR count). The number of para-hydroxylation sites is 1. The van der Waals surface area contributed by atoms with Gasteiger partial charge >= 0.3 is 0 Å². The molecule has 2 aromatic rings. The van der Waals surface area contributed by atoms with Gasteiger partial charge in [-0.05, 0) is 19.1 Å². The lowest BCUT2D eigenvalue weighted by molar-refractivity contribution is 0.168. The van der Waals surface area contributed by atoms with Crippen molar-refractivity contribution in [2.45, 2.75) is 19.1 Å². The molecule has 2 unspecified atom stereocenters. The molecule has 0 saturated carbocycles. The Labute approximate surface area is 100 Å². The van der Waals surface area contributed by atoms with Crippen molar-refractivity contribution in [2.75, 3.05) is 11.9 Å². The highest BCUT2D eigenvalue weighted by molar-refractivity contribution is 5.90. The molecule has 4 nitrogen and oxygen atoms in total. The van der Waals surface area contributed by atoms with Gasteiger partial charge in [0.25, 0.3) is 0 Å². The quantitative estimate of drug-likeness (QED) is 0.743. The molecule has 0 saturated heterocycles. The Bertz CT molecular complexity index is 493. The fourth-order valence-electron chi connectivity index (χ4n) is 1.65. The van der Waals surface area contributed by atoms with E-state index in [0.29, 0.717) is 6.54 Å². The van der Waals surface area contributed by atoms with E-state index in [-0.39, 0.29) is 6.04 Å². The fourth-order valence-corrected chi connectivity index (χ4v) is 1.65. The van der Waals surface area contributed by atoms with Crippen LogP contribution in [0, 0.1) is 0 Å². The molecular formula is C13H17N3O. The Morgan fingerprint density at radius 3 is 2.88 bits per heavy atom. The molecule has 4 N–H and O–H groups in total. The van der Waals surface area contributed by atoms with Crippen molar-refractivity contribution in [3.05, 3.63) is 36.5 Å². The minimum atomic E-state index is -0.518. The van der Waals surface area contributed by atoms with Crippen molar-refractivity contribution < 1.29 is 5.11 Å². The lowest BCUT2D eigenvalue weighted by Gasteiger charge is -2.16. The second kappa shape index (κ2) is 5.12. The van der Waals surface area contributed by atoms with Crippen LogP contribution in [0.25, 0.3) is 10.9 Å². The van der Waals surface area contributed by atoms with Gasteiger partial charge in [-0.15, -0.1) is 0 Å². The van der Waals surface area contributed by atoms with E-state index in [2.05, 4.69) is 10.3 Å². The number of nitrogens with one attached hydrogen (secondary N) is 1. The zero-order chi connectivity index (χ0) is 12.3. The molecule has 2 atom stereocenters. The number of aliphatic hydroxyl groups excluding tert-OH is 1. The monoisotopic (exact) mass is 231 g/mol. The predicted octanol–water partition coefficient (Wildman–Crippen LogP) is 1.35. The average molecular weight is 231 g/mol. The summed E-state index contributed by atoms with van der Waals surface area (Å²) in [6.45, 7) is 2.22. The predicted molar refractivity (Wildman–Crippen MR) is 69.9 cm³/mol. The molecule has 0 fully saturated rings. The summed E-state index contributed by atoms with van der Waals surface area (Å²) in [5.74, 6) is 0. The van der Waals surface area contributed by atoms with Crippen molar-refractivity contribution in [3.8, 4) is 0 Å². The van der Waals surface area contributed by atoms with Gasteiger partial charge in [0.15, 0.2) is 0 Å². The molecule has 0 spiro atoms. The third-order valence-electron chi connectivity index (χ3n) is 2.80. The van der Waals surface area contributed by atoms with Gasteiger partial charge in [0.05, 0.1) is 11.6 Å². The van der Waals surface area contributed by atoms with Crippen LogP contribution in [0.3, 0.4) is 0 Å². The molecule has 0 aliphatic carbocycles. The van der Waals surface area contributed by atoms with Gasteiger partial charge in [-0.1, -0.05) is 18.2 Å². The zero-order valence-corrected chi connectivity index (χ0v) is 9.80. The molecule has 1 aromatic heterocycles. The minimum Gasteiger partial charge on any atom is -0.392 e. The van der Waals surface area contributed by atoms with Crippen LogP contribution in [0.5, 0.6) is 0 Å². The van der Waals surface area contributed by atoms with Crippen LogP contribution < -0.4 is 11.1 Å². The summed E-state index contributed by atoms with van der Waals surface area (Å²) >= 11 is 0. The van der Waals surface area contributed by atoms with E-state index in [4.69, 9.17) is 5.73 Å².